The molecule has 2 rings (SSSR count). The van der Waals surface area contributed by atoms with Crippen molar-refractivity contribution in [3.8, 4) is 0 Å². The minimum Gasteiger partial charge on any atom is -0.351 e. The van der Waals surface area contributed by atoms with Crippen LogP contribution in [0.15, 0.2) is 47.4 Å². The highest BCUT2D eigenvalue weighted by molar-refractivity contribution is 7.89. The van der Waals surface area contributed by atoms with E-state index in [1.807, 2.05) is 0 Å². The first kappa shape index (κ1) is 20.1. The Balaban J connectivity index is 1.92. The van der Waals surface area contributed by atoms with Crippen molar-refractivity contribution in [2.24, 2.45) is 0 Å². The predicted molar refractivity (Wildman–Crippen MR) is 97.1 cm³/mol. The molecule has 2 aromatic carbocycles. The molecule has 0 aliphatic rings. The number of nitrogens with one attached hydrogen (secondary N) is 2. The molecule has 0 saturated carbocycles. The molecule has 0 bridgehead atoms. The van der Waals surface area contributed by atoms with E-state index in [2.05, 4.69) is 10.0 Å². The second-order valence-electron chi connectivity index (χ2n) is 5.04. The lowest BCUT2D eigenvalue weighted by Gasteiger charge is -2.08. The molecule has 0 aliphatic carbocycles. The summed E-state index contributed by atoms with van der Waals surface area (Å²) in [5.74, 6) is -0.446. The molecule has 0 fully saturated rings. The fraction of sp³-hybridized carbons (Fsp3) is 0.133. The number of nitrogens with zero attached hydrogens (tertiary/aromatic N) is 1. The summed E-state index contributed by atoms with van der Waals surface area (Å²) in [4.78, 5) is 21.8. The summed E-state index contributed by atoms with van der Waals surface area (Å²) in [6.45, 7) is -0.0919. The second kappa shape index (κ2) is 8.45. The normalized spacial score (nSPS) is 11.2. The summed E-state index contributed by atoms with van der Waals surface area (Å²) in [7, 11) is -3.94. The number of carbonyl (C=O) groups excluding carboxylic acids is 1. The highest BCUT2D eigenvalue weighted by Gasteiger charge is 2.17. The maximum atomic E-state index is 12.1. The van der Waals surface area contributed by atoms with E-state index in [9.17, 15) is 23.3 Å². The second-order valence-corrected chi connectivity index (χ2v) is 7.62. The van der Waals surface area contributed by atoms with Gasteiger partial charge in [0.1, 0.15) is 0 Å². The lowest BCUT2D eigenvalue weighted by Crippen LogP contribution is -2.34. The number of hydrogen-bond donors (Lipinski definition) is 2. The van der Waals surface area contributed by atoms with Gasteiger partial charge in [0.2, 0.25) is 10.0 Å². The first-order chi connectivity index (χ1) is 12.2. The van der Waals surface area contributed by atoms with E-state index in [0.29, 0.717) is 5.02 Å². The van der Waals surface area contributed by atoms with Crippen molar-refractivity contribution in [1.82, 2.24) is 10.0 Å². The molecule has 1 amide bonds. The van der Waals surface area contributed by atoms with E-state index in [1.165, 1.54) is 36.4 Å². The van der Waals surface area contributed by atoms with Crippen LogP contribution in [-0.4, -0.2) is 32.3 Å². The molecule has 0 aromatic heterocycles. The van der Waals surface area contributed by atoms with Gasteiger partial charge in [-0.15, -0.1) is 0 Å². The third-order valence-corrected chi connectivity index (χ3v) is 5.42. The van der Waals surface area contributed by atoms with Crippen molar-refractivity contribution in [2.75, 3.05) is 13.1 Å². The van der Waals surface area contributed by atoms with Gasteiger partial charge >= 0.3 is 0 Å². The third kappa shape index (κ3) is 5.15. The van der Waals surface area contributed by atoms with Crippen molar-refractivity contribution >= 4 is 44.8 Å². The van der Waals surface area contributed by atoms with Crippen molar-refractivity contribution in [2.45, 2.75) is 4.90 Å². The number of non-ortho nitro benzene ring substituents is 1. The van der Waals surface area contributed by atoms with E-state index < -0.39 is 20.9 Å². The summed E-state index contributed by atoms with van der Waals surface area (Å²) in [6.07, 6.45) is 0. The van der Waals surface area contributed by atoms with Gasteiger partial charge in [0.15, 0.2) is 0 Å². The van der Waals surface area contributed by atoms with E-state index in [0.717, 1.165) is 6.07 Å². The number of hydrogen-bond acceptors (Lipinski definition) is 5. The van der Waals surface area contributed by atoms with Gasteiger partial charge in [-0.2, -0.15) is 0 Å². The van der Waals surface area contributed by atoms with Crippen LogP contribution in [0.25, 0.3) is 0 Å². The van der Waals surface area contributed by atoms with Gasteiger partial charge in [-0.3, -0.25) is 14.9 Å². The Labute approximate surface area is 159 Å². The lowest BCUT2D eigenvalue weighted by atomic mass is 10.2. The smallest absolute Gasteiger partial charge is 0.270 e. The molecule has 0 unspecified atom stereocenters. The standard InChI is InChI=1S/C15H13Cl2N3O5S/c16-13-5-4-10(8-14(13)17)15(21)18-6-7-19-26(24,25)12-3-1-2-11(9-12)20(22)23/h1-5,8-9,19H,6-7H2,(H,18,21). The first-order valence-corrected chi connectivity index (χ1v) is 9.42. The third-order valence-electron chi connectivity index (χ3n) is 3.22. The summed E-state index contributed by atoms with van der Waals surface area (Å²) in [6, 6.07) is 9.02. The van der Waals surface area contributed by atoms with Crippen LogP contribution in [0.5, 0.6) is 0 Å². The first-order valence-electron chi connectivity index (χ1n) is 7.18. The van der Waals surface area contributed by atoms with Gasteiger partial charge < -0.3 is 5.32 Å². The molecule has 2 aromatic rings. The van der Waals surface area contributed by atoms with Gasteiger partial charge in [0.05, 0.1) is 19.9 Å². The van der Waals surface area contributed by atoms with Crippen LogP contribution in [0.3, 0.4) is 0 Å². The van der Waals surface area contributed by atoms with E-state index >= 15 is 0 Å². The highest BCUT2D eigenvalue weighted by Crippen LogP contribution is 2.22. The molecule has 0 saturated heterocycles. The fourth-order valence-corrected chi connectivity index (χ4v) is 3.32. The lowest BCUT2D eigenvalue weighted by molar-refractivity contribution is -0.385. The van der Waals surface area contributed by atoms with Crippen molar-refractivity contribution in [3.63, 3.8) is 0 Å². The summed E-state index contributed by atoms with van der Waals surface area (Å²) < 4.78 is 26.5. The quantitative estimate of drug-likeness (QED) is 0.407. The zero-order valence-electron chi connectivity index (χ0n) is 13.1. The van der Waals surface area contributed by atoms with Crippen LogP contribution < -0.4 is 10.0 Å². The van der Waals surface area contributed by atoms with Crippen molar-refractivity contribution in [1.29, 1.82) is 0 Å². The van der Waals surface area contributed by atoms with Gasteiger partial charge in [-0.1, -0.05) is 29.3 Å². The van der Waals surface area contributed by atoms with Crippen LogP contribution >= 0.6 is 23.2 Å². The number of rotatable bonds is 7. The Hall–Kier alpha value is -2.20. The van der Waals surface area contributed by atoms with Crippen LogP contribution in [-0.2, 0) is 10.0 Å². The average Bonchev–Trinajstić information content (AvgIpc) is 2.61. The number of halogens is 2. The number of nitro benzene ring substituents is 1. The minimum absolute atomic E-state index is 0.00718. The zero-order chi connectivity index (χ0) is 19.3. The average molecular weight is 418 g/mol. The predicted octanol–water partition coefficient (Wildman–Crippen LogP) is 2.61. The van der Waals surface area contributed by atoms with Gasteiger partial charge in [-0.05, 0) is 24.3 Å². The van der Waals surface area contributed by atoms with E-state index in [1.54, 1.807) is 0 Å². The maximum absolute atomic E-state index is 12.1. The molecule has 26 heavy (non-hydrogen) atoms. The van der Waals surface area contributed by atoms with Crippen molar-refractivity contribution < 1.29 is 18.1 Å². The van der Waals surface area contributed by atoms with Crippen LogP contribution in [0.2, 0.25) is 10.0 Å². The topological polar surface area (TPSA) is 118 Å². The summed E-state index contributed by atoms with van der Waals surface area (Å²) in [5, 5.41) is 13.8. The van der Waals surface area contributed by atoms with Crippen molar-refractivity contribution in [3.05, 3.63) is 68.2 Å². The molecule has 0 aliphatic heterocycles. The van der Waals surface area contributed by atoms with Gasteiger partial charge in [0.25, 0.3) is 11.6 Å². The Morgan fingerprint density at radius 1 is 1.08 bits per heavy atom. The van der Waals surface area contributed by atoms with Crippen LogP contribution in [0, 0.1) is 10.1 Å². The Morgan fingerprint density at radius 3 is 2.46 bits per heavy atom. The number of carbonyl (C=O) groups is 1. The number of nitro groups is 1. The molecule has 11 heteroatoms. The summed E-state index contributed by atoms with van der Waals surface area (Å²) >= 11 is 11.6. The monoisotopic (exact) mass is 417 g/mol. The largest absolute Gasteiger partial charge is 0.351 e. The van der Waals surface area contributed by atoms with E-state index in [-0.39, 0.29) is 34.3 Å². The molecule has 0 radical (unpaired) electrons. The highest BCUT2D eigenvalue weighted by atomic mass is 35.5. The number of benzene rings is 2. The van der Waals surface area contributed by atoms with Gasteiger partial charge in [-0.25, -0.2) is 13.1 Å². The molecule has 0 atom stereocenters. The van der Waals surface area contributed by atoms with E-state index in [4.69, 9.17) is 23.2 Å². The van der Waals surface area contributed by atoms with Crippen LogP contribution in [0.4, 0.5) is 5.69 Å². The molecule has 8 nitrogen and oxygen atoms in total. The molecular formula is C15H13Cl2N3O5S. The number of amides is 1. The molecule has 138 valence electrons. The maximum Gasteiger partial charge on any atom is 0.270 e. The molecule has 2 N–H and O–H groups in total. The number of sulfonamides is 1. The van der Waals surface area contributed by atoms with Crippen LogP contribution in [0.1, 0.15) is 10.4 Å². The fourth-order valence-electron chi connectivity index (χ4n) is 1.95. The Bertz CT molecular complexity index is 950. The Kier molecular flexibility index (Phi) is 6.54. The SMILES string of the molecule is O=C(NCCNS(=O)(=O)c1cccc([N+](=O)[O-])c1)c1ccc(Cl)c(Cl)c1. The summed E-state index contributed by atoms with van der Waals surface area (Å²) in [5.41, 5.74) is -0.0539. The van der Waals surface area contributed by atoms with Gasteiger partial charge in [0, 0.05) is 30.8 Å². The zero-order valence-corrected chi connectivity index (χ0v) is 15.4. The Morgan fingerprint density at radius 2 is 1.81 bits per heavy atom. The molecule has 0 heterocycles. The molecule has 0 spiro atoms. The molecular weight excluding hydrogens is 405 g/mol. The minimum atomic E-state index is -3.94.